The first-order valence-corrected chi connectivity index (χ1v) is 13.4. The minimum Gasteiger partial charge on any atom is -0.497 e. The molecule has 3 aromatic carbocycles. The third-order valence-electron chi connectivity index (χ3n) is 6.51. The van der Waals surface area contributed by atoms with E-state index in [9.17, 15) is 4.79 Å². The first-order chi connectivity index (χ1) is 19.4. The number of hydrogen-bond acceptors (Lipinski definition) is 8. The molecule has 1 aromatic heterocycles. The number of benzene rings is 3. The van der Waals surface area contributed by atoms with Gasteiger partial charge in [-0.1, -0.05) is 35.3 Å². The number of ether oxygens (including phenoxy) is 4. The molecule has 0 radical (unpaired) electrons. The van der Waals surface area contributed by atoms with Gasteiger partial charge in [0.05, 0.1) is 49.4 Å². The molecule has 0 aliphatic carbocycles. The van der Waals surface area contributed by atoms with E-state index in [0.29, 0.717) is 59.0 Å². The van der Waals surface area contributed by atoms with Crippen molar-refractivity contribution in [2.24, 2.45) is 0 Å². The Labute approximate surface area is 241 Å². The van der Waals surface area contributed by atoms with Crippen LogP contribution in [-0.2, 0) is 16.0 Å². The number of anilines is 2. The molecule has 1 unspecified atom stereocenters. The summed E-state index contributed by atoms with van der Waals surface area (Å²) in [4.78, 5) is 23.6. The maximum absolute atomic E-state index is 13.0. The van der Waals surface area contributed by atoms with Gasteiger partial charge < -0.3 is 29.2 Å². The predicted octanol–water partition coefficient (Wildman–Crippen LogP) is 5.55. The molecule has 5 rings (SSSR count). The Morgan fingerprint density at radius 2 is 1.93 bits per heavy atom. The molecule has 1 amide bonds. The largest absolute Gasteiger partial charge is 0.497 e. The molecule has 0 saturated carbocycles. The van der Waals surface area contributed by atoms with Crippen LogP contribution < -0.4 is 19.5 Å². The second-order valence-electron chi connectivity index (χ2n) is 9.17. The standard InChI is InChI=1S/C29H28Cl2N4O5/c1-37-20-5-3-4-18(10-20)11-28(36)35-8-9-39-21(15-35)16-40-27-14-25-22(13-26(27)38-2)29(33-17-32-25)34-19-6-7-23(30)24(31)12-19/h3-7,10,12-14,17,21H,8-9,11,15-16H2,1-2H3,(H,32,33,34). The van der Waals surface area contributed by atoms with Gasteiger partial charge in [0.1, 0.15) is 30.6 Å². The molecule has 0 bridgehead atoms. The second kappa shape index (κ2) is 12.6. The third kappa shape index (κ3) is 6.50. The highest BCUT2D eigenvalue weighted by molar-refractivity contribution is 6.42. The lowest BCUT2D eigenvalue weighted by atomic mass is 10.1. The number of fused-ring (bicyclic) bond motifs is 1. The van der Waals surface area contributed by atoms with Gasteiger partial charge in [-0.25, -0.2) is 9.97 Å². The van der Waals surface area contributed by atoms with Crippen molar-refractivity contribution in [2.45, 2.75) is 12.5 Å². The lowest BCUT2D eigenvalue weighted by molar-refractivity contribution is -0.139. The lowest BCUT2D eigenvalue weighted by Gasteiger charge is -2.33. The van der Waals surface area contributed by atoms with Crippen LogP contribution in [0.25, 0.3) is 10.9 Å². The number of nitrogens with one attached hydrogen (secondary N) is 1. The molecule has 1 atom stereocenters. The molecule has 1 aliphatic rings. The zero-order chi connectivity index (χ0) is 28.1. The van der Waals surface area contributed by atoms with Crippen molar-refractivity contribution in [1.29, 1.82) is 0 Å². The quantitative estimate of drug-likeness (QED) is 0.274. The highest BCUT2D eigenvalue weighted by Gasteiger charge is 2.25. The van der Waals surface area contributed by atoms with Gasteiger partial charge in [-0.3, -0.25) is 4.79 Å². The van der Waals surface area contributed by atoms with Gasteiger partial charge in [-0.15, -0.1) is 0 Å². The number of methoxy groups -OCH3 is 2. The van der Waals surface area contributed by atoms with Crippen LogP contribution in [0.1, 0.15) is 5.56 Å². The number of carbonyl (C=O) groups is 1. The second-order valence-corrected chi connectivity index (χ2v) is 9.98. The predicted molar refractivity (Wildman–Crippen MR) is 154 cm³/mol. The zero-order valence-electron chi connectivity index (χ0n) is 22.0. The topological polar surface area (TPSA) is 95.0 Å². The molecular formula is C29H28Cl2N4O5. The summed E-state index contributed by atoms with van der Waals surface area (Å²) in [6.45, 7) is 1.64. The van der Waals surface area contributed by atoms with Gasteiger partial charge in [-0.05, 0) is 42.0 Å². The molecule has 40 heavy (non-hydrogen) atoms. The van der Waals surface area contributed by atoms with Crippen molar-refractivity contribution in [2.75, 3.05) is 45.8 Å². The zero-order valence-corrected chi connectivity index (χ0v) is 23.5. The summed E-state index contributed by atoms with van der Waals surface area (Å²) in [5.41, 5.74) is 2.29. The summed E-state index contributed by atoms with van der Waals surface area (Å²) in [5, 5.41) is 4.89. The van der Waals surface area contributed by atoms with Crippen molar-refractivity contribution in [3.63, 3.8) is 0 Å². The normalized spacial score (nSPS) is 15.1. The van der Waals surface area contributed by atoms with Crippen LogP contribution in [0.3, 0.4) is 0 Å². The number of rotatable bonds is 9. The third-order valence-corrected chi connectivity index (χ3v) is 7.25. The van der Waals surface area contributed by atoms with Crippen molar-refractivity contribution in [1.82, 2.24) is 14.9 Å². The lowest BCUT2D eigenvalue weighted by Crippen LogP contribution is -2.48. The van der Waals surface area contributed by atoms with E-state index in [-0.39, 0.29) is 18.6 Å². The minimum absolute atomic E-state index is 0.0311. The summed E-state index contributed by atoms with van der Waals surface area (Å²) >= 11 is 12.2. The van der Waals surface area contributed by atoms with Crippen molar-refractivity contribution in [3.8, 4) is 17.2 Å². The van der Waals surface area contributed by atoms with Crippen LogP contribution in [0.2, 0.25) is 10.0 Å². The van der Waals surface area contributed by atoms with Crippen molar-refractivity contribution < 1.29 is 23.7 Å². The highest BCUT2D eigenvalue weighted by atomic mass is 35.5. The number of hydrogen-bond donors (Lipinski definition) is 1. The summed E-state index contributed by atoms with van der Waals surface area (Å²) in [5.74, 6) is 2.36. The van der Waals surface area contributed by atoms with Crippen molar-refractivity contribution in [3.05, 3.63) is 76.5 Å². The number of aromatic nitrogens is 2. The van der Waals surface area contributed by atoms with Gasteiger partial charge in [0.15, 0.2) is 11.5 Å². The Kier molecular flexibility index (Phi) is 8.74. The molecule has 4 aromatic rings. The number of carbonyl (C=O) groups excluding carboxylic acids is 1. The Bertz CT molecular complexity index is 1520. The summed E-state index contributed by atoms with van der Waals surface area (Å²) in [7, 11) is 3.18. The first kappa shape index (κ1) is 27.8. The van der Waals surface area contributed by atoms with E-state index in [0.717, 1.165) is 22.4 Å². The Morgan fingerprint density at radius 3 is 2.73 bits per heavy atom. The monoisotopic (exact) mass is 582 g/mol. The summed E-state index contributed by atoms with van der Waals surface area (Å²) in [6.07, 6.45) is 1.47. The van der Waals surface area contributed by atoms with Gasteiger partial charge in [0, 0.05) is 23.7 Å². The summed E-state index contributed by atoms with van der Waals surface area (Å²) < 4.78 is 22.9. The number of morpholine rings is 1. The van der Waals surface area contributed by atoms with Gasteiger partial charge in [0.25, 0.3) is 0 Å². The maximum Gasteiger partial charge on any atom is 0.227 e. The van der Waals surface area contributed by atoms with E-state index in [1.807, 2.05) is 41.3 Å². The molecule has 1 N–H and O–H groups in total. The van der Waals surface area contributed by atoms with Crippen LogP contribution in [0.5, 0.6) is 17.2 Å². The number of amides is 1. The fraction of sp³-hybridized carbons (Fsp3) is 0.276. The molecule has 208 valence electrons. The van der Waals surface area contributed by atoms with Crippen LogP contribution in [-0.4, -0.2) is 67.4 Å². The van der Waals surface area contributed by atoms with Crippen LogP contribution in [0, 0.1) is 0 Å². The molecule has 0 spiro atoms. The molecule has 1 fully saturated rings. The number of halogens is 2. The SMILES string of the molecule is COc1cccc(CC(=O)N2CCOC(COc3cc4ncnc(Nc5ccc(Cl)c(Cl)c5)c4cc3OC)C2)c1. The Balaban J connectivity index is 1.26. The maximum atomic E-state index is 13.0. The fourth-order valence-corrected chi connectivity index (χ4v) is 4.74. The Hall–Kier alpha value is -3.79. The van der Waals surface area contributed by atoms with Gasteiger partial charge in [-0.2, -0.15) is 0 Å². The van der Waals surface area contributed by atoms with Crippen LogP contribution in [0.4, 0.5) is 11.5 Å². The molecule has 11 heteroatoms. The van der Waals surface area contributed by atoms with Crippen LogP contribution >= 0.6 is 23.2 Å². The summed E-state index contributed by atoms with van der Waals surface area (Å²) in [6, 6.07) is 16.4. The first-order valence-electron chi connectivity index (χ1n) is 12.6. The highest BCUT2D eigenvalue weighted by Crippen LogP contribution is 2.35. The Morgan fingerprint density at radius 1 is 1.05 bits per heavy atom. The number of nitrogens with zero attached hydrogens (tertiary/aromatic N) is 3. The minimum atomic E-state index is -0.291. The van der Waals surface area contributed by atoms with E-state index >= 15 is 0 Å². The molecule has 1 aliphatic heterocycles. The molecule has 2 heterocycles. The van der Waals surface area contributed by atoms with Gasteiger partial charge in [0.2, 0.25) is 5.91 Å². The fourth-order valence-electron chi connectivity index (χ4n) is 4.44. The average Bonchev–Trinajstić information content (AvgIpc) is 2.98. The van der Waals surface area contributed by atoms with E-state index < -0.39 is 0 Å². The molecule has 1 saturated heterocycles. The average molecular weight is 583 g/mol. The smallest absolute Gasteiger partial charge is 0.227 e. The molecule has 9 nitrogen and oxygen atoms in total. The van der Waals surface area contributed by atoms with E-state index in [1.165, 1.54) is 6.33 Å². The van der Waals surface area contributed by atoms with Gasteiger partial charge >= 0.3 is 0 Å². The van der Waals surface area contributed by atoms with Crippen molar-refractivity contribution >= 4 is 51.5 Å². The van der Waals surface area contributed by atoms with E-state index in [4.69, 9.17) is 42.1 Å². The van der Waals surface area contributed by atoms with Crippen LogP contribution in [0.15, 0.2) is 60.9 Å². The van der Waals surface area contributed by atoms with E-state index in [1.54, 1.807) is 32.4 Å². The molecular weight excluding hydrogens is 555 g/mol. The van der Waals surface area contributed by atoms with E-state index in [2.05, 4.69) is 15.3 Å².